The average molecular weight is 519 g/mol. The molecule has 1 aromatic heterocycles. The number of nitrogens with one attached hydrogen (secondary N) is 1. The summed E-state index contributed by atoms with van der Waals surface area (Å²) in [5.74, 6) is -0.488. The first-order valence-electron chi connectivity index (χ1n) is 12.1. The highest BCUT2D eigenvalue weighted by Gasteiger charge is 2.31. The Morgan fingerprint density at radius 3 is 2.29 bits per heavy atom. The lowest BCUT2D eigenvalue weighted by Gasteiger charge is -2.30. The standard InChI is InChI=1S/C25H34N4O4S2/c1-17(2)28-15-12-20-21(16-28)34-24(22(20)25(31)27(3)4)26-23(30)18-8-10-19(11-9-18)35(32,33)29-13-6-5-7-14-29/h8-11,17H,5-7,12-16H2,1-4H3,(H,26,30). The fraction of sp³-hybridized carbons (Fsp3) is 0.520. The predicted molar refractivity (Wildman–Crippen MR) is 139 cm³/mol. The summed E-state index contributed by atoms with van der Waals surface area (Å²) in [6.45, 7) is 7.00. The number of rotatable bonds is 6. The van der Waals surface area contributed by atoms with Gasteiger partial charge in [0.15, 0.2) is 0 Å². The molecule has 8 nitrogen and oxygen atoms in total. The third kappa shape index (κ3) is 5.30. The molecule has 0 saturated carbocycles. The van der Waals surface area contributed by atoms with E-state index in [1.165, 1.54) is 44.8 Å². The van der Waals surface area contributed by atoms with Crippen molar-refractivity contribution in [2.24, 2.45) is 0 Å². The van der Waals surface area contributed by atoms with E-state index in [0.717, 1.165) is 49.2 Å². The number of fused-ring (bicyclic) bond motifs is 1. The molecule has 1 N–H and O–H groups in total. The molecular formula is C25H34N4O4S2. The van der Waals surface area contributed by atoms with Crippen molar-refractivity contribution in [3.05, 3.63) is 45.8 Å². The van der Waals surface area contributed by atoms with Crippen molar-refractivity contribution in [2.45, 2.75) is 57.0 Å². The molecular weight excluding hydrogens is 484 g/mol. The van der Waals surface area contributed by atoms with E-state index < -0.39 is 10.0 Å². The van der Waals surface area contributed by atoms with Gasteiger partial charge in [-0.2, -0.15) is 4.31 Å². The summed E-state index contributed by atoms with van der Waals surface area (Å²) < 4.78 is 27.3. The van der Waals surface area contributed by atoms with Gasteiger partial charge in [-0.15, -0.1) is 11.3 Å². The number of piperidine rings is 1. The summed E-state index contributed by atoms with van der Waals surface area (Å²) in [5.41, 5.74) is 1.93. The summed E-state index contributed by atoms with van der Waals surface area (Å²) >= 11 is 1.45. The van der Waals surface area contributed by atoms with Gasteiger partial charge in [0.05, 0.1) is 10.5 Å². The van der Waals surface area contributed by atoms with Gasteiger partial charge in [-0.25, -0.2) is 8.42 Å². The number of anilines is 1. The smallest absolute Gasteiger partial charge is 0.256 e. The highest BCUT2D eigenvalue weighted by Crippen LogP contribution is 2.38. The summed E-state index contributed by atoms with van der Waals surface area (Å²) in [6, 6.07) is 6.45. The van der Waals surface area contributed by atoms with Crippen LogP contribution in [0.4, 0.5) is 5.00 Å². The van der Waals surface area contributed by atoms with Crippen LogP contribution in [-0.2, 0) is 23.0 Å². The van der Waals surface area contributed by atoms with Gasteiger partial charge in [0.1, 0.15) is 5.00 Å². The molecule has 2 amide bonds. The maximum atomic E-state index is 13.1. The highest BCUT2D eigenvalue weighted by molar-refractivity contribution is 7.89. The number of sulfonamides is 1. The molecule has 2 aliphatic rings. The van der Waals surface area contributed by atoms with E-state index in [1.54, 1.807) is 14.1 Å². The Labute approximate surface area is 212 Å². The van der Waals surface area contributed by atoms with E-state index in [2.05, 4.69) is 24.1 Å². The lowest BCUT2D eigenvalue weighted by Crippen LogP contribution is -2.36. The molecule has 0 atom stereocenters. The zero-order chi connectivity index (χ0) is 25.3. The number of carbonyl (C=O) groups is 2. The molecule has 1 aromatic carbocycles. The van der Waals surface area contributed by atoms with E-state index >= 15 is 0 Å². The molecule has 2 aromatic rings. The van der Waals surface area contributed by atoms with Crippen LogP contribution < -0.4 is 5.32 Å². The van der Waals surface area contributed by atoms with Gasteiger partial charge >= 0.3 is 0 Å². The van der Waals surface area contributed by atoms with Crippen LogP contribution in [0.2, 0.25) is 0 Å². The van der Waals surface area contributed by atoms with Gasteiger partial charge in [-0.1, -0.05) is 6.42 Å². The molecule has 1 saturated heterocycles. The minimum atomic E-state index is -3.56. The number of benzene rings is 1. The molecule has 190 valence electrons. The maximum Gasteiger partial charge on any atom is 0.256 e. The van der Waals surface area contributed by atoms with Gasteiger partial charge in [0, 0.05) is 56.8 Å². The number of thiophene rings is 1. The Hall–Kier alpha value is -2.27. The van der Waals surface area contributed by atoms with Crippen molar-refractivity contribution >= 4 is 38.2 Å². The average Bonchev–Trinajstić information content (AvgIpc) is 3.20. The van der Waals surface area contributed by atoms with E-state index in [9.17, 15) is 18.0 Å². The van der Waals surface area contributed by atoms with E-state index in [1.807, 2.05) is 0 Å². The molecule has 4 rings (SSSR count). The van der Waals surface area contributed by atoms with Crippen molar-refractivity contribution < 1.29 is 18.0 Å². The molecule has 10 heteroatoms. The molecule has 2 aliphatic heterocycles. The van der Waals surface area contributed by atoms with E-state index in [4.69, 9.17) is 0 Å². The van der Waals surface area contributed by atoms with E-state index in [-0.39, 0.29) is 16.7 Å². The van der Waals surface area contributed by atoms with Crippen LogP contribution >= 0.6 is 11.3 Å². The second-order valence-corrected chi connectivity index (χ2v) is 12.7. The van der Waals surface area contributed by atoms with Crippen LogP contribution in [0.15, 0.2) is 29.2 Å². The topological polar surface area (TPSA) is 90.0 Å². The van der Waals surface area contributed by atoms with Crippen molar-refractivity contribution in [2.75, 3.05) is 39.0 Å². The Bertz CT molecular complexity index is 1200. The van der Waals surface area contributed by atoms with Crippen molar-refractivity contribution in [1.29, 1.82) is 0 Å². The highest BCUT2D eigenvalue weighted by atomic mass is 32.2. The summed E-state index contributed by atoms with van der Waals surface area (Å²) in [5, 5.41) is 3.49. The summed E-state index contributed by atoms with van der Waals surface area (Å²) in [4.78, 5) is 31.3. The maximum absolute atomic E-state index is 13.1. The Morgan fingerprint density at radius 2 is 1.69 bits per heavy atom. The number of hydrogen-bond donors (Lipinski definition) is 1. The normalized spacial score (nSPS) is 17.3. The third-order valence-electron chi connectivity index (χ3n) is 6.73. The van der Waals surface area contributed by atoms with Gasteiger partial charge in [-0.05, 0) is 62.9 Å². The Kier molecular flexibility index (Phi) is 7.65. The fourth-order valence-electron chi connectivity index (χ4n) is 4.61. The Balaban J connectivity index is 1.57. The minimum Gasteiger partial charge on any atom is -0.345 e. The molecule has 0 bridgehead atoms. The number of carbonyl (C=O) groups excluding carboxylic acids is 2. The quantitative estimate of drug-likeness (QED) is 0.631. The molecule has 0 radical (unpaired) electrons. The van der Waals surface area contributed by atoms with Crippen molar-refractivity contribution in [3.8, 4) is 0 Å². The summed E-state index contributed by atoms with van der Waals surface area (Å²) in [7, 11) is -0.134. The van der Waals surface area contributed by atoms with Crippen LogP contribution in [-0.4, -0.2) is 74.1 Å². The zero-order valence-corrected chi connectivity index (χ0v) is 22.5. The monoisotopic (exact) mass is 518 g/mol. The van der Waals surface area contributed by atoms with Gasteiger partial charge in [-0.3, -0.25) is 14.5 Å². The zero-order valence-electron chi connectivity index (χ0n) is 20.8. The number of amides is 2. The van der Waals surface area contributed by atoms with Crippen LogP contribution in [0.5, 0.6) is 0 Å². The summed E-state index contributed by atoms with van der Waals surface area (Å²) in [6.07, 6.45) is 3.55. The molecule has 3 heterocycles. The SMILES string of the molecule is CC(C)N1CCc2c(sc(NC(=O)c3ccc(S(=O)(=O)N4CCCCC4)cc3)c2C(=O)N(C)C)C1. The second kappa shape index (κ2) is 10.4. The van der Waals surface area contributed by atoms with E-state index in [0.29, 0.717) is 35.3 Å². The van der Waals surface area contributed by atoms with Gasteiger partial charge in [0.25, 0.3) is 11.8 Å². The lowest BCUT2D eigenvalue weighted by molar-refractivity contribution is 0.0827. The van der Waals surface area contributed by atoms with Crippen LogP contribution in [0.1, 0.15) is 64.3 Å². The molecule has 0 unspecified atom stereocenters. The van der Waals surface area contributed by atoms with Crippen LogP contribution in [0, 0.1) is 0 Å². The molecule has 1 fully saturated rings. The molecule has 0 aliphatic carbocycles. The minimum absolute atomic E-state index is 0.126. The third-order valence-corrected chi connectivity index (χ3v) is 9.78. The van der Waals surface area contributed by atoms with Gasteiger partial charge in [0.2, 0.25) is 10.0 Å². The van der Waals surface area contributed by atoms with Crippen LogP contribution in [0.3, 0.4) is 0 Å². The van der Waals surface area contributed by atoms with Crippen molar-refractivity contribution in [3.63, 3.8) is 0 Å². The lowest BCUT2D eigenvalue weighted by atomic mass is 10.0. The first-order valence-corrected chi connectivity index (χ1v) is 14.4. The van der Waals surface area contributed by atoms with Crippen molar-refractivity contribution in [1.82, 2.24) is 14.1 Å². The van der Waals surface area contributed by atoms with Gasteiger partial charge < -0.3 is 10.2 Å². The second-order valence-electron chi connectivity index (χ2n) is 9.66. The number of hydrogen-bond acceptors (Lipinski definition) is 6. The fourth-order valence-corrected chi connectivity index (χ4v) is 7.39. The van der Waals surface area contributed by atoms with Crippen LogP contribution in [0.25, 0.3) is 0 Å². The predicted octanol–water partition coefficient (Wildman–Crippen LogP) is 3.64. The molecule has 35 heavy (non-hydrogen) atoms. The Morgan fingerprint density at radius 1 is 1.03 bits per heavy atom. The first kappa shape index (κ1) is 25.8. The first-order chi connectivity index (χ1) is 16.6. The largest absolute Gasteiger partial charge is 0.345 e. The molecule has 0 spiro atoms. The number of nitrogens with zero attached hydrogens (tertiary/aromatic N) is 3.